The van der Waals surface area contributed by atoms with E-state index in [4.69, 9.17) is 10.8 Å². The molecule has 21 heavy (non-hydrogen) atoms. The van der Waals surface area contributed by atoms with Crippen molar-refractivity contribution in [2.75, 3.05) is 18.6 Å². The zero-order valence-corrected chi connectivity index (χ0v) is 13.5. The second-order valence-electron chi connectivity index (χ2n) is 5.19. The molecule has 8 heteroatoms. The molecule has 0 saturated heterocycles. The van der Waals surface area contributed by atoms with Crippen molar-refractivity contribution in [3.63, 3.8) is 0 Å². The molecule has 5 N–H and O–H groups in total. The lowest BCUT2D eigenvalue weighted by Gasteiger charge is -2.16. The number of rotatable bonds is 10. The van der Waals surface area contributed by atoms with Gasteiger partial charge in [-0.15, -0.1) is 0 Å². The van der Waals surface area contributed by atoms with Crippen molar-refractivity contribution in [2.24, 2.45) is 11.7 Å². The van der Waals surface area contributed by atoms with E-state index in [2.05, 4.69) is 10.6 Å². The maximum Gasteiger partial charge on any atom is 0.326 e. The normalized spacial score (nSPS) is 13.6. The minimum atomic E-state index is -1.08. The molecule has 0 bridgehead atoms. The maximum absolute atomic E-state index is 11.6. The van der Waals surface area contributed by atoms with E-state index in [0.717, 1.165) is 0 Å². The molecular weight excluding hydrogens is 294 g/mol. The Hall–Kier alpha value is -1.28. The summed E-state index contributed by atoms with van der Waals surface area (Å²) in [5, 5.41) is 13.8. The second kappa shape index (κ2) is 10.4. The van der Waals surface area contributed by atoms with Gasteiger partial charge in [-0.05, 0) is 30.8 Å². The molecule has 0 aromatic heterocycles. The second-order valence-corrected chi connectivity index (χ2v) is 6.18. The fourth-order valence-corrected chi connectivity index (χ4v) is 2.12. The molecule has 0 aromatic carbocycles. The van der Waals surface area contributed by atoms with Crippen LogP contribution in [-0.4, -0.2) is 53.5 Å². The predicted molar refractivity (Wildman–Crippen MR) is 83.0 cm³/mol. The van der Waals surface area contributed by atoms with Gasteiger partial charge in [0.05, 0.1) is 12.6 Å². The lowest BCUT2D eigenvalue weighted by atomic mass is 10.0. The van der Waals surface area contributed by atoms with Gasteiger partial charge in [-0.25, -0.2) is 4.79 Å². The Morgan fingerprint density at radius 1 is 1.29 bits per heavy atom. The summed E-state index contributed by atoms with van der Waals surface area (Å²) in [6.45, 7) is 3.62. The summed E-state index contributed by atoms with van der Waals surface area (Å²) >= 11 is 1.50. The Labute approximate surface area is 129 Å². The first-order chi connectivity index (χ1) is 9.77. The van der Waals surface area contributed by atoms with Crippen molar-refractivity contribution in [3.8, 4) is 0 Å². The SMILES string of the molecule is CSCC[C@H](NC(=O)CNC(=O)[C@@H](N)CC(C)C)C(=O)O. The van der Waals surface area contributed by atoms with Crippen LogP contribution in [0.3, 0.4) is 0 Å². The van der Waals surface area contributed by atoms with Crippen LogP contribution in [0.2, 0.25) is 0 Å². The fraction of sp³-hybridized carbons (Fsp3) is 0.769. The standard InChI is InChI=1S/C13H25N3O4S/c1-8(2)6-9(14)12(18)15-7-11(17)16-10(13(19)20)4-5-21-3/h8-10H,4-7,14H2,1-3H3,(H,15,18)(H,16,17)(H,19,20)/t9-,10-/m0/s1. The highest BCUT2D eigenvalue weighted by Crippen LogP contribution is 2.02. The van der Waals surface area contributed by atoms with Crippen LogP contribution in [-0.2, 0) is 14.4 Å². The van der Waals surface area contributed by atoms with Crippen LogP contribution >= 0.6 is 11.8 Å². The first-order valence-electron chi connectivity index (χ1n) is 6.82. The molecule has 0 unspecified atom stereocenters. The first kappa shape index (κ1) is 19.7. The van der Waals surface area contributed by atoms with Crippen LogP contribution in [0, 0.1) is 5.92 Å². The lowest BCUT2D eigenvalue weighted by molar-refractivity contribution is -0.141. The average molecular weight is 319 g/mol. The fourth-order valence-electron chi connectivity index (χ4n) is 1.65. The molecule has 0 aliphatic rings. The van der Waals surface area contributed by atoms with Gasteiger partial charge in [0.25, 0.3) is 0 Å². The summed E-state index contributed by atoms with van der Waals surface area (Å²) < 4.78 is 0. The Bertz CT molecular complexity index is 363. The third kappa shape index (κ3) is 9.30. The average Bonchev–Trinajstić information content (AvgIpc) is 2.39. The number of carbonyl (C=O) groups excluding carboxylic acids is 2. The molecule has 0 radical (unpaired) electrons. The minimum absolute atomic E-state index is 0.270. The molecule has 122 valence electrons. The van der Waals surface area contributed by atoms with E-state index in [1.807, 2.05) is 20.1 Å². The predicted octanol–water partition coefficient (Wildman–Crippen LogP) is -0.201. The van der Waals surface area contributed by atoms with E-state index >= 15 is 0 Å². The van der Waals surface area contributed by atoms with E-state index in [9.17, 15) is 14.4 Å². The van der Waals surface area contributed by atoms with Gasteiger partial charge in [0.15, 0.2) is 0 Å². The third-order valence-corrected chi connectivity index (χ3v) is 3.37. The summed E-state index contributed by atoms with van der Waals surface area (Å²) in [6, 6.07) is -1.60. The summed E-state index contributed by atoms with van der Waals surface area (Å²) in [5.74, 6) is -1.12. The van der Waals surface area contributed by atoms with Crippen molar-refractivity contribution in [1.29, 1.82) is 0 Å². The smallest absolute Gasteiger partial charge is 0.326 e. The Morgan fingerprint density at radius 2 is 1.90 bits per heavy atom. The summed E-state index contributed by atoms with van der Waals surface area (Å²) in [5.41, 5.74) is 5.68. The van der Waals surface area contributed by atoms with E-state index in [1.165, 1.54) is 11.8 Å². The quantitative estimate of drug-likeness (QED) is 0.442. The van der Waals surface area contributed by atoms with Gasteiger partial charge in [0.2, 0.25) is 11.8 Å². The molecular formula is C13H25N3O4S. The molecule has 2 atom stereocenters. The number of aliphatic carboxylic acids is 1. The van der Waals surface area contributed by atoms with Crippen molar-refractivity contribution in [3.05, 3.63) is 0 Å². The van der Waals surface area contributed by atoms with Gasteiger partial charge in [-0.1, -0.05) is 13.8 Å². The third-order valence-electron chi connectivity index (χ3n) is 2.73. The van der Waals surface area contributed by atoms with Crippen LogP contribution in [0.4, 0.5) is 0 Å². The number of amides is 2. The molecule has 0 fully saturated rings. The number of hydrogen-bond acceptors (Lipinski definition) is 5. The summed E-state index contributed by atoms with van der Waals surface area (Å²) in [6.07, 6.45) is 2.72. The van der Waals surface area contributed by atoms with Gasteiger partial charge in [-0.2, -0.15) is 11.8 Å². The van der Waals surface area contributed by atoms with Crippen LogP contribution in [0.15, 0.2) is 0 Å². The Morgan fingerprint density at radius 3 is 2.38 bits per heavy atom. The van der Waals surface area contributed by atoms with Gasteiger partial charge >= 0.3 is 5.97 Å². The Kier molecular flexibility index (Phi) is 9.81. The number of nitrogens with two attached hydrogens (primary N) is 1. The number of thioether (sulfide) groups is 1. The zero-order valence-electron chi connectivity index (χ0n) is 12.7. The van der Waals surface area contributed by atoms with Crippen molar-refractivity contribution >= 4 is 29.5 Å². The van der Waals surface area contributed by atoms with Gasteiger partial charge in [-0.3, -0.25) is 9.59 Å². The number of carboxylic acid groups (broad SMARTS) is 1. The molecule has 0 aliphatic heterocycles. The van der Waals surface area contributed by atoms with Crippen LogP contribution in [0.5, 0.6) is 0 Å². The van der Waals surface area contributed by atoms with Crippen molar-refractivity contribution in [1.82, 2.24) is 10.6 Å². The largest absolute Gasteiger partial charge is 0.480 e. The summed E-state index contributed by atoms with van der Waals surface area (Å²) in [7, 11) is 0. The molecule has 0 aromatic rings. The van der Waals surface area contributed by atoms with Crippen LogP contribution in [0.1, 0.15) is 26.7 Å². The van der Waals surface area contributed by atoms with Crippen molar-refractivity contribution in [2.45, 2.75) is 38.8 Å². The zero-order chi connectivity index (χ0) is 16.4. The molecule has 7 nitrogen and oxygen atoms in total. The minimum Gasteiger partial charge on any atom is -0.480 e. The number of carboxylic acids is 1. The monoisotopic (exact) mass is 319 g/mol. The van der Waals surface area contributed by atoms with E-state index < -0.39 is 29.9 Å². The van der Waals surface area contributed by atoms with E-state index in [1.54, 1.807) is 0 Å². The number of nitrogens with one attached hydrogen (secondary N) is 2. The van der Waals surface area contributed by atoms with Gasteiger partial charge < -0.3 is 21.5 Å². The maximum atomic E-state index is 11.6. The first-order valence-corrected chi connectivity index (χ1v) is 8.21. The molecule has 0 spiro atoms. The topological polar surface area (TPSA) is 122 Å². The lowest BCUT2D eigenvalue weighted by Crippen LogP contribution is -2.48. The van der Waals surface area contributed by atoms with Crippen LogP contribution < -0.4 is 16.4 Å². The highest BCUT2D eigenvalue weighted by molar-refractivity contribution is 7.98. The molecule has 0 heterocycles. The molecule has 0 rings (SSSR count). The molecule has 0 aliphatic carbocycles. The van der Waals surface area contributed by atoms with Gasteiger partial charge in [0.1, 0.15) is 6.04 Å². The van der Waals surface area contributed by atoms with Crippen LogP contribution in [0.25, 0.3) is 0 Å². The number of hydrogen-bond donors (Lipinski definition) is 4. The van der Waals surface area contributed by atoms with Crippen molar-refractivity contribution < 1.29 is 19.5 Å². The highest BCUT2D eigenvalue weighted by atomic mass is 32.2. The number of carbonyl (C=O) groups is 3. The summed E-state index contributed by atoms with van der Waals surface area (Å²) in [4.78, 5) is 34.2. The van der Waals surface area contributed by atoms with Gasteiger partial charge in [0, 0.05) is 0 Å². The molecule has 2 amide bonds. The van der Waals surface area contributed by atoms with E-state index in [0.29, 0.717) is 18.6 Å². The Balaban J connectivity index is 4.18. The highest BCUT2D eigenvalue weighted by Gasteiger charge is 2.20. The molecule has 0 saturated carbocycles. The van der Waals surface area contributed by atoms with E-state index in [-0.39, 0.29) is 12.5 Å².